The van der Waals surface area contributed by atoms with E-state index in [1.807, 2.05) is 12.1 Å². The first-order valence-corrected chi connectivity index (χ1v) is 11.0. The van der Waals surface area contributed by atoms with Crippen molar-refractivity contribution in [1.29, 1.82) is 0 Å². The number of hydrogen-bond acceptors (Lipinski definition) is 3. The Morgan fingerprint density at radius 2 is 1.00 bits per heavy atom. The fourth-order valence-corrected chi connectivity index (χ4v) is 8.46. The predicted molar refractivity (Wildman–Crippen MR) is 98.3 cm³/mol. The molecule has 0 unspecified atom stereocenters. The second kappa shape index (κ2) is 6.76. The summed E-state index contributed by atoms with van der Waals surface area (Å²) in [4.78, 5) is 0.192. The van der Waals surface area contributed by atoms with Crippen molar-refractivity contribution in [1.82, 2.24) is 0 Å². The van der Waals surface area contributed by atoms with Crippen molar-refractivity contribution < 1.29 is 13.0 Å². The quantitative estimate of drug-likeness (QED) is 0.658. The van der Waals surface area contributed by atoms with Crippen molar-refractivity contribution in [3.05, 3.63) is 91.0 Å². The van der Waals surface area contributed by atoms with Crippen LogP contribution in [0.5, 0.6) is 0 Å². The first-order valence-electron chi connectivity index (χ1n) is 7.50. The lowest BCUT2D eigenvalue weighted by molar-refractivity contribution is 0.584. The second-order valence-electron chi connectivity index (χ2n) is 5.47. The van der Waals surface area contributed by atoms with Crippen LogP contribution in [0.2, 0.25) is 0 Å². The molecular weight excluding hydrogens is 339 g/mol. The predicted octanol–water partition coefficient (Wildman–Crippen LogP) is 3.43. The lowest BCUT2D eigenvalue weighted by Gasteiger charge is -2.19. The molecule has 0 aliphatic heterocycles. The van der Waals surface area contributed by atoms with Gasteiger partial charge in [-0.3, -0.25) is 0 Å². The molecule has 0 aromatic heterocycles. The van der Waals surface area contributed by atoms with Crippen LogP contribution in [0.4, 0.5) is 0 Å². The highest BCUT2D eigenvalue weighted by atomic mass is 32.2. The number of rotatable bonds is 5. The van der Waals surface area contributed by atoms with Gasteiger partial charge in [0.15, 0.2) is 17.0 Å². The van der Waals surface area contributed by atoms with Crippen LogP contribution in [-0.2, 0) is 14.4 Å². The molecule has 0 atom stereocenters. The van der Waals surface area contributed by atoms with Gasteiger partial charge in [-0.05, 0) is 12.1 Å². The summed E-state index contributed by atoms with van der Waals surface area (Å²) in [5.41, 5.74) is -0.419. The van der Waals surface area contributed by atoms with Gasteiger partial charge in [0.25, 0.3) is 0 Å². The van der Waals surface area contributed by atoms with E-state index in [-0.39, 0.29) is 4.90 Å². The highest BCUT2D eigenvalue weighted by molar-refractivity contribution is 8.02. The van der Waals surface area contributed by atoms with Gasteiger partial charge in [0.2, 0.25) is 0 Å². The summed E-state index contributed by atoms with van der Waals surface area (Å²) in [6.45, 7) is 0. The topological polar surface area (TPSA) is 51.2 Å². The van der Waals surface area contributed by atoms with Crippen LogP contribution < -0.4 is 10.6 Å². The van der Waals surface area contributed by atoms with E-state index in [9.17, 15) is 13.0 Å². The molecule has 0 N–H and O–H groups in total. The maximum absolute atomic E-state index is 13.8. The van der Waals surface area contributed by atoms with Crippen molar-refractivity contribution in [3.8, 4) is 0 Å². The largest absolute Gasteiger partial charge is 0.313 e. The molecule has 0 saturated carbocycles. The fourth-order valence-electron chi connectivity index (χ4n) is 2.58. The van der Waals surface area contributed by atoms with Crippen LogP contribution in [0.1, 0.15) is 0 Å². The van der Waals surface area contributed by atoms with Gasteiger partial charge in [0, 0.05) is 10.6 Å². The van der Waals surface area contributed by atoms with Crippen molar-refractivity contribution in [2.45, 2.75) is 4.90 Å². The molecule has 0 aliphatic carbocycles. The van der Waals surface area contributed by atoms with Crippen LogP contribution in [0, 0.1) is 0 Å². The zero-order valence-electron chi connectivity index (χ0n) is 12.9. The van der Waals surface area contributed by atoms with E-state index in [2.05, 4.69) is 0 Å². The van der Waals surface area contributed by atoms with Gasteiger partial charge < -0.3 is 4.57 Å². The van der Waals surface area contributed by atoms with Crippen molar-refractivity contribution in [2.75, 3.05) is 5.49 Å². The van der Waals surface area contributed by atoms with Gasteiger partial charge in [-0.25, -0.2) is 8.42 Å². The Kier molecular flexibility index (Phi) is 4.70. The van der Waals surface area contributed by atoms with Crippen molar-refractivity contribution in [2.24, 2.45) is 0 Å². The molecule has 0 spiro atoms. The van der Waals surface area contributed by atoms with Crippen LogP contribution in [0.25, 0.3) is 0 Å². The van der Waals surface area contributed by atoms with Crippen LogP contribution >= 0.6 is 7.14 Å². The maximum Gasteiger partial charge on any atom is 0.186 e. The first-order chi connectivity index (χ1) is 11.5. The molecule has 0 amide bonds. The van der Waals surface area contributed by atoms with E-state index in [4.69, 9.17) is 0 Å². The third-order valence-corrected chi connectivity index (χ3v) is 9.87. The molecule has 0 bridgehead atoms. The monoisotopic (exact) mass is 356 g/mol. The van der Waals surface area contributed by atoms with E-state index in [1.54, 1.807) is 66.7 Å². The molecule has 0 fully saturated rings. The molecule has 0 heterocycles. The minimum absolute atomic E-state index is 0.192. The standard InChI is InChI=1S/C19H17O3PS/c20-23(17-10-4-1-5-11-17,18-12-6-2-7-13-18)16-24(21,22)19-14-8-3-9-15-19/h1-15H,16H2. The Morgan fingerprint density at radius 1 is 0.625 bits per heavy atom. The summed E-state index contributed by atoms with van der Waals surface area (Å²) in [6, 6.07) is 25.9. The number of benzene rings is 3. The summed E-state index contributed by atoms with van der Waals surface area (Å²) in [7, 11) is -6.98. The average Bonchev–Trinajstić information content (AvgIpc) is 2.63. The van der Waals surface area contributed by atoms with Crippen LogP contribution in [0.15, 0.2) is 95.9 Å². The van der Waals surface area contributed by atoms with Crippen molar-refractivity contribution in [3.63, 3.8) is 0 Å². The maximum atomic E-state index is 13.8. The lowest BCUT2D eigenvalue weighted by atomic mass is 10.4. The van der Waals surface area contributed by atoms with Gasteiger partial charge in [0.05, 0.1) is 4.90 Å². The van der Waals surface area contributed by atoms with E-state index >= 15 is 0 Å². The Balaban J connectivity index is 2.12. The van der Waals surface area contributed by atoms with Gasteiger partial charge in [-0.15, -0.1) is 0 Å². The zero-order chi connectivity index (χ0) is 17.0. The molecule has 3 rings (SSSR count). The molecular formula is C19H17O3PS. The Hall–Kier alpha value is -2.16. The molecule has 122 valence electrons. The third-order valence-electron chi connectivity index (χ3n) is 3.80. The van der Waals surface area contributed by atoms with Crippen LogP contribution in [0.3, 0.4) is 0 Å². The SMILES string of the molecule is O=P(CS(=O)(=O)c1ccccc1)(c1ccccc1)c1ccccc1. The van der Waals surface area contributed by atoms with Crippen LogP contribution in [-0.4, -0.2) is 13.9 Å². The molecule has 3 nitrogen and oxygen atoms in total. The molecule has 24 heavy (non-hydrogen) atoms. The summed E-state index contributed by atoms with van der Waals surface area (Å²) in [5.74, 6) is 0. The number of hydrogen-bond donors (Lipinski definition) is 0. The van der Waals surface area contributed by atoms with E-state index < -0.39 is 22.5 Å². The first kappa shape index (κ1) is 16.7. The molecule has 3 aromatic rings. The molecule has 3 aromatic carbocycles. The highest BCUT2D eigenvalue weighted by Crippen LogP contribution is 2.45. The smallest absolute Gasteiger partial charge is 0.186 e. The highest BCUT2D eigenvalue weighted by Gasteiger charge is 2.33. The van der Waals surface area contributed by atoms with E-state index in [1.165, 1.54) is 12.1 Å². The zero-order valence-corrected chi connectivity index (χ0v) is 14.7. The Labute approximate surface area is 142 Å². The van der Waals surface area contributed by atoms with Gasteiger partial charge in [-0.1, -0.05) is 78.9 Å². The summed E-state index contributed by atoms with van der Waals surface area (Å²) >= 11 is 0. The summed E-state index contributed by atoms with van der Waals surface area (Å²) in [6.07, 6.45) is 0. The van der Waals surface area contributed by atoms with Crippen molar-refractivity contribution >= 4 is 27.6 Å². The molecule has 0 saturated heterocycles. The molecule has 0 aliphatic rings. The van der Waals surface area contributed by atoms with Gasteiger partial charge >= 0.3 is 0 Å². The normalized spacial score (nSPS) is 12.0. The van der Waals surface area contributed by atoms with Gasteiger partial charge in [0.1, 0.15) is 5.49 Å². The molecule has 0 radical (unpaired) electrons. The Morgan fingerprint density at radius 3 is 1.42 bits per heavy atom. The minimum atomic E-state index is -3.68. The van der Waals surface area contributed by atoms with E-state index in [0.717, 1.165) is 0 Å². The third kappa shape index (κ3) is 3.35. The summed E-state index contributed by atoms with van der Waals surface area (Å²) in [5, 5.41) is 1.10. The second-order valence-corrected chi connectivity index (χ2v) is 10.7. The Bertz CT molecular complexity index is 910. The van der Waals surface area contributed by atoms with E-state index in [0.29, 0.717) is 10.6 Å². The lowest BCUT2D eigenvalue weighted by Crippen LogP contribution is -2.22. The number of sulfone groups is 1. The van der Waals surface area contributed by atoms with Gasteiger partial charge in [-0.2, -0.15) is 0 Å². The molecule has 5 heteroatoms. The average molecular weight is 356 g/mol. The fraction of sp³-hybridized carbons (Fsp3) is 0.0526. The minimum Gasteiger partial charge on any atom is -0.313 e. The summed E-state index contributed by atoms with van der Waals surface area (Å²) < 4.78 is 39.5.